The van der Waals surface area contributed by atoms with Gasteiger partial charge in [0.15, 0.2) is 0 Å². The molecular weight excluding hydrogens is 407 g/mol. The van der Waals surface area contributed by atoms with E-state index in [0.29, 0.717) is 19.0 Å². The van der Waals surface area contributed by atoms with E-state index in [-0.39, 0.29) is 24.4 Å². The van der Waals surface area contributed by atoms with Crippen LogP contribution in [-0.4, -0.2) is 64.4 Å². The Bertz CT molecular complexity index is 901. The fourth-order valence-corrected chi connectivity index (χ4v) is 4.88. The number of aromatic nitrogens is 2. The van der Waals surface area contributed by atoms with Crippen LogP contribution in [0.3, 0.4) is 0 Å². The molecule has 0 bridgehead atoms. The molecule has 1 aromatic heterocycles. The van der Waals surface area contributed by atoms with Gasteiger partial charge in [0.25, 0.3) is 0 Å². The van der Waals surface area contributed by atoms with Crippen LogP contribution < -0.4 is 0 Å². The highest BCUT2D eigenvalue weighted by Crippen LogP contribution is 2.23. The maximum Gasteiger partial charge on any atom is 0.244 e. The van der Waals surface area contributed by atoms with Crippen molar-refractivity contribution in [2.75, 3.05) is 32.8 Å². The predicted molar refractivity (Wildman–Crippen MR) is 122 cm³/mol. The maximum atomic E-state index is 14.0. The topological polar surface area (TPSA) is 50.6 Å². The molecule has 3 heterocycles. The molecule has 1 amide bonds. The van der Waals surface area contributed by atoms with E-state index in [2.05, 4.69) is 10.00 Å². The first-order chi connectivity index (χ1) is 15.5. The number of nitrogens with zero attached hydrogens (tertiary/aromatic N) is 4. The van der Waals surface area contributed by atoms with Crippen molar-refractivity contribution in [3.05, 3.63) is 53.1 Å². The van der Waals surface area contributed by atoms with Crippen LogP contribution in [0, 0.1) is 25.6 Å². The molecule has 6 nitrogen and oxygen atoms in total. The monoisotopic (exact) mass is 442 g/mol. The fraction of sp³-hybridized carbons (Fsp3) is 0.600. The third-order valence-electron chi connectivity index (χ3n) is 6.73. The molecule has 0 N–H and O–H groups in total. The lowest BCUT2D eigenvalue weighted by Crippen LogP contribution is -2.44. The number of hydrogen-bond acceptors (Lipinski definition) is 4. The van der Waals surface area contributed by atoms with Crippen LogP contribution in [0.25, 0.3) is 0 Å². The normalized spacial score (nSPS) is 20.0. The average Bonchev–Trinajstić information content (AvgIpc) is 3.39. The second kappa shape index (κ2) is 10.6. The number of carbonyl (C=O) groups excluding carboxylic acids is 1. The Balaban J connectivity index is 1.34. The number of amides is 1. The molecule has 2 fully saturated rings. The Morgan fingerprint density at radius 3 is 2.62 bits per heavy atom. The largest absolute Gasteiger partial charge is 0.376 e. The summed E-state index contributed by atoms with van der Waals surface area (Å²) in [6.07, 6.45) is 4.26. The van der Waals surface area contributed by atoms with Crippen molar-refractivity contribution in [2.45, 2.75) is 58.7 Å². The molecule has 0 aliphatic carbocycles. The zero-order valence-electron chi connectivity index (χ0n) is 19.3. The number of benzene rings is 1. The van der Waals surface area contributed by atoms with Gasteiger partial charge in [-0.3, -0.25) is 14.4 Å². The van der Waals surface area contributed by atoms with Crippen LogP contribution in [0.1, 0.15) is 42.6 Å². The van der Waals surface area contributed by atoms with Gasteiger partial charge in [0.2, 0.25) is 5.91 Å². The summed E-state index contributed by atoms with van der Waals surface area (Å²) in [7, 11) is 0. The zero-order chi connectivity index (χ0) is 22.5. The van der Waals surface area contributed by atoms with Crippen LogP contribution in [0.2, 0.25) is 0 Å². The van der Waals surface area contributed by atoms with E-state index in [1.165, 1.54) is 6.07 Å². The zero-order valence-corrected chi connectivity index (χ0v) is 19.3. The molecule has 32 heavy (non-hydrogen) atoms. The minimum atomic E-state index is -0.132. The summed E-state index contributed by atoms with van der Waals surface area (Å²) < 4.78 is 21.6. The lowest BCUT2D eigenvalue weighted by molar-refractivity contribution is -0.134. The molecule has 1 atom stereocenters. The second-order valence-electron chi connectivity index (χ2n) is 9.33. The minimum Gasteiger partial charge on any atom is -0.376 e. The summed E-state index contributed by atoms with van der Waals surface area (Å²) in [5.41, 5.74) is 2.70. The molecule has 2 aromatic rings. The quantitative estimate of drug-likeness (QED) is 0.627. The second-order valence-corrected chi connectivity index (χ2v) is 9.33. The molecular formula is C25H35FN4O2. The summed E-state index contributed by atoms with van der Waals surface area (Å²) in [5, 5.41) is 4.47. The van der Waals surface area contributed by atoms with Crippen LogP contribution in [0.15, 0.2) is 30.3 Å². The van der Waals surface area contributed by atoms with Gasteiger partial charge in [0, 0.05) is 37.5 Å². The number of aryl methyl sites for hydroxylation is 2. The molecule has 4 rings (SSSR count). The van der Waals surface area contributed by atoms with Gasteiger partial charge in [-0.15, -0.1) is 0 Å². The molecule has 0 unspecified atom stereocenters. The molecule has 7 heteroatoms. The molecule has 0 saturated carbocycles. The van der Waals surface area contributed by atoms with E-state index in [1.807, 2.05) is 36.9 Å². The first-order valence-corrected chi connectivity index (χ1v) is 11.8. The molecule has 2 saturated heterocycles. The van der Waals surface area contributed by atoms with Crippen molar-refractivity contribution in [1.82, 2.24) is 19.6 Å². The summed E-state index contributed by atoms with van der Waals surface area (Å²) >= 11 is 0. The lowest BCUT2D eigenvalue weighted by atomic mass is 9.95. The number of piperidine rings is 1. The van der Waals surface area contributed by atoms with Gasteiger partial charge in [0.05, 0.1) is 11.8 Å². The smallest absolute Gasteiger partial charge is 0.244 e. The highest BCUT2D eigenvalue weighted by Gasteiger charge is 2.28. The van der Waals surface area contributed by atoms with Gasteiger partial charge < -0.3 is 9.64 Å². The van der Waals surface area contributed by atoms with Crippen molar-refractivity contribution < 1.29 is 13.9 Å². The van der Waals surface area contributed by atoms with Crippen molar-refractivity contribution in [3.63, 3.8) is 0 Å². The number of likely N-dealkylation sites (tertiary alicyclic amines) is 1. The lowest BCUT2D eigenvalue weighted by Gasteiger charge is -2.35. The van der Waals surface area contributed by atoms with Crippen LogP contribution in [0.4, 0.5) is 4.39 Å². The van der Waals surface area contributed by atoms with E-state index >= 15 is 0 Å². The Labute approximate surface area is 190 Å². The van der Waals surface area contributed by atoms with Crippen molar-refractivity contribution in [2.24, 2.45) is 5.92 Å². The summed E-state index contributed by atoms with van der Waals surface area (Å²) in [6, 6.07) is 9.02. The summed E-state index contributed by atoms with van der Waals surface area (Å²) in [4.78, 5) is 17.6. The maximum absolute atomic E-state index is 14.0. The first kappa shape index (κ1) is 22.9. The number of hydrogen-bond donors (Lipinski definition) is 0. The number of ether oxygens (including phenoxy) is 1. The summed E-state index contributed by atoms with van der Waals surface area (Å²) in [6.45, 7) is 8.93. The summed E-state index contributed by atoms with van der Waals surface area (Å²) in [5.74, 6) is 0.435. The Morgan fingerprint density at radius 1 is 1.19 bits per heavy atom. The average molecular weight is 443 g/mol. The van der Waals surface area contributed by atoms with Gasteiger partial charge >= 0.3 is 0 Å². The predicted octanol–water partition coefficient (Wildman–Crippen LogP) is 3.56. The van der Waals surface area contributed by atoms with Gasteiger partial charge in [-0.05, 0) is 70.7 Å². The van der Waals surface area contributed by atoms with E-state index in [1.54, 1.807) is 10.7 Å². The van der Waals surface area contributed by atoms with Crippen LogP contribution in [0.5, 0.6) is 0 Å². The van der Waals surface area contributed by atoms with Gasteiger partial charge in [-0.1, -0.05) is 18.2 Å². The third kappa shape index (κ3) is 5.95. The molecule has 174 valence electrons. The highest BCUT2D eigenvalue weighted by atomic mass is 19.1. The van der Waals surface area contributed by atoms with Crippen molar-refractivity contribution in [1.29, 1.82) is 0 Å². The van der Waals surface area contributed by atoms with Crippen molar-refractivity contribution >= 4 is 5.91 Å². The van der Waals surface area contributed by atoms with E-state index in [0.717, 1.165) is 68.9 Å². The van der Waals surface area contributed by atoms with E-state index in [4.69, 9.17) is 4.74 Å². The minimum absolute atomic E-state index is 0.112. The highest BCUT2D eigenvalue weighted by molar-refractivity contribution is 5.76. The fourth-order valence-electron chi connectivity index (χ4n) is 4.88. The van der Waals surface area contributed by atoms with Gasteiger partial charge in [0.1, 0.15) is 12.4 Å². The van der Waals surface area contributed by atoms with Crippen LogP contribution >= 0.6 is 0 Å². The molecule has 2 aliphatic heterocycles. The number of carbonyl (C=O) groups is 1. The Morgan fingerprint density at radius 2 is 1.97 bits per heavy atom. The third-order valence-corrected chi connectivity index (χ3v) is 6.73. The van der Waals surface area contributed by atoms with Crippen molar-refractivity contribution in [3.8, 4) is 0 Å². The van der Waals surface area contributed by atoms with Gasteiger partial charge in [-0.25, -0.2) is 4.39 Å². The Kier molecular flexibility index (Phi) is 7.58. The number of halogens is 1. The standard InChI is InChI=1S/C25H35FN4O2/c1-19-14-20(2)30(27-19)18-25(31)29(17-23-7-5-13-32-23)15-21-9-11-28(12-10-21)16-22-6-3-4-8-24(22)26/h3-4,6,8,14,21,23H,5,7,9-13,15-18H2,1-2H3/t23-/m1/s1. The first-order valence-electron chi connectivity index (χ1n) is 11.8. The van der Waals surface area contributed by atoms with Crippen LogP contribution in [-0.2, 0) is 22.6 Å². The molecule has 2 aliphatic rings. The molecule has 1 aromatic carbocycles. The number of rotatable bonds is 8. The molecule has 0 radical (unpaired) electrons. The molecule has 0 spiro atoms. The Hall–Kier alpha value is -2.25. The SMILES string of the molecule is Cc1cc(C)n(CC(=O)N(CC2CCN(Cc3ccccc3F)CC2)C[C@H]2CCCO2)n1. The van der Waals surface area contributed by atoms with Gasteiger partial charge in [-0.2, -0.15) is 5.10 Å². The van der Waals surface area contributed by atoms with E-state index < -0.39 is 0 Å². The van der Waals surface area contributed by atoms with E-state index in [9.17, 15) is 9.18 Å².